The first-order chi connectivity index (χ1) is 9.04. The number of aromatic carboxylic acids is 1. The van der Waals surface area contributed by atoms with E-state index in [-0.39, 0.29) is 11.6 Å². The van der Waals surface area contributed by atoms with Crippen molar-refractivity contribution in [2.24, 2.45) is 0 Å². The standard InChI is InChI=1S/C13H18N2O3S/c1-15(7-8-19-2)13(18)14-9-10-3-5-11(6-4-10)12(16)17/h3-6H,7-9H2,1-2H3,(H,14,18)(H,16,17). The molecule has 1 aromatic carbocycles. The second-order valence-electron chi connectivity index (χ2n) is 4.08. The van der Waals surface area contributed by atoms with Gasteiger partial charge in [-0.25, -0.2) is 9.59 Å². The zero-order chi connectivity index (χ0) is 14.3. The molecule has 0 aromatic heterocycles. The first-order valence-corrected chi connectivity index (χ1v) is 7.24. The van der Waals surface area contributed by atoms with Gasteiger partial charge >= 0.3 is 12.0 Å². The second kappa shape index (κ2) is 7.68. The molecule has 0 fully saturated rings. The number of nitrogens with one attached hydrogen (secondary N) is 1. The van der Waals surface area contributed by atoms with Gasteiger partial charge in [-0.3, -0.25) is 0 Å². The molecular formula is C13H18N2O3S. The Morgan fingerprint density at radius 2 is 1.95 bits per heavy atom. The van der Waals surface area contributed by atoms with Crippen LogP contribution in [0.4, 0.5) is 4.79 Å². The minimum atomic E-state index is -0.951. The Morgan fingerprint density at radius 3 is 2.47 bits per heavy atom. The lowest BCUT2D eigenvalue weighted by atomic mass is 10.1. The van der Waals surface area contributed by atoms with E-state index in [2.05, 4.69) is 5.32 Å². The predicted molar refractivity (Wildman–Crippen MR) is 76.6 cm³/mol. The van der Waals surface area contributed by atoms with Crippen LogP contribution in [0.5, 0.6) is 0 Å². The molecule has 0 unspecified atom stereocenters. The highest BCUT2D eigenvalue weighted by Crippen LogP contribution is 2.04. The number of rotatable bonds is 6. The normalized spacial score (nSPS) is 10.0. The average Bonchev–Trinajstić information content (AvgIpc) is 2.42. The average molecular weight is 282 g/mol. The molecule has 0 saturated carbocycles. The number of urea groups is 1. The van der Waals surface area contributed by atoms with E-state index in [0.717, 1.165) is 11.3 Å². The highest BCUT2D eigenvalue weighted by Gasteiger charge is 2.07. The number of carboxylic acids is 1. The summed E-state index contributed by atoms with van der Waals surface area (Å²) in [5, 5.41) is 11.6. The van der Waals surface area contributed by atoms with E-state index in [0.29, 0.717) is 13.1 Å². The number of nitrogens with zero attached hydrogens (tertiary/aromatic N) is 1. The molecule has 0 aliphatic heterocycles. The smallest absolute Gasteiger partial charge is 0.335 e. The lowest BCUT2D eigenvalue weighted by molar-refractivity contribution is 0.0697. The second-order valence-corrected chi connectivity index (χ2v) is 5.06. The van der Waals surface area contributed by atoms with Crippen molar-refractivity contribution in [3.63, 3.8) is 0 Å². The zero-order valence-corrected chi connectivity index (χ0v) is 11.9. The number of benzene rings is 1. The summed E-state index contributed by atoms with van der Waals surface area (Å²) in [6.07, 6.45) is 2.00. The fraction of sp³-hybridized carbons (Fsp3) is 0.385. The van der Waals surface area contributed by atoms with Crippen LogP contribution in [0.1, 0.15) is 15.9 Å². The highest BCUT2D eigenvalue weighted by molar-refractivity contribution is 7.98. The third-order valence-corrected chi connectivity index (χ3v) is 3.21. The molecule has 104 valence electrons. The summed E-state index contributed by atoms with van der Waals surface area (Å²) >= 11 is 1.69. The molecule has 0 aliphatic carbocycles. The summed E-state index contributed by atoms with van der Waals surface area (Å²) in [5.41, 5.74) is 1.11. The van der Waals surface area contributed by atoms with Crippen LogP contribution in [-0.4, -0.2) is 47.6 Å². The largest absolute Gasteiger partial charge is 0.478 e. The van der Waals surface area contributed by atoms with Gasteiger partial charge in [0, 0.05) is 25.9 Å². The maximum atomic E-state index is 11.7. The fourth-order valence-corrected chi connectivity index (χ4v) is 1.86. The molecule has 0 radical (unpaired) electrons. The molecule has 1 rings (SSSR count). The van der Waals surface area contributed by atoms with Gasteiger partial charge in [-0.05, 0) is 24.0 Å². The fourth-order valence-electron chi connectivity index (χ4n) is 1.41. The van der Waals surface area contributed by atoms with Gasteiger partial charge in [0.15, 0.2) is 0 Å². The van der Waals surface area contributed by atoms with Crippen molar-refractivity contribution in [2.75, 3.05) is 25.6 Å². The van der Waals surface area contributed by atoms with Crippen LogP contribution in [0.3, 0.4) is 0 Å². The third kappa shape index (κ3) is 5.21. The van der Waals surface area contributed by atoms with Crippen LogP contribution >= 0.6 is 11.8 Å². The van der Waals surface area contributed by atoms with E-state index in [1.165, 1.54) is 12.1 Å². The summed E-state index contributed by atoms with van der Waals surface area (Å²) < 4.78 is 0. The van der Waals surface area contributed by atoms with Crippen LogP contribution < -0.4 is 5.32 Å². The van der Waals surface area contributed by atoms with Gasteiger partial charge < -0.3 is 15.3 Å². The molecule has 0 aliphatic rings. The topological polar surface area (TPSA) is 69.6 Å². The van der Waals surface area contributed by atoms with Gasteiger partial charge in [0.1, 0.15) is 0 Å². The minimum Gasteiger partial charge on any atom is -0.478 e. The Balaban J connectivity index is 2.43. The Bertz CT molecular complexity index is 434. The van der Waals surface area contributed by atoms with Gasteiger partial charge in [-0.2, -0.15) is 11.8 Å². The van der Waals surface area contributed by atoms with Crippen LogP contribution in [-0.2, 0) is 6.54 Å². The molecule has 0 bridgehead atoms. The summed E-state index contributed by atoms with van der Waals surface area (Å²) in [4.78, 5) is 24.0. The molecule has 0 saturated heterocycles. The number of carbonyl (C=O) groups is 2. The Morgan fingerprint density at radius 1 is 1.32 bits per heavy atom. The lowest BCUT2D eigenvalue weighted by Crippen LogP contribution is -2.38. The first kappa shape index (κ1) is 15.4. The predicted octanol–water partition coefficient (Wildman–Crippen LogP) is 1.89. The number of hydrogen-bond donors (Lipinski definition) is 2. The maximum absolute atomic E-state index is 11.7. The monoisotopic (exact) mass is 282 g/mol. The van der Waals surface area contributed by atoms with Gasteiger partial charge in [0.25, 0.3) is 0 Å². The van der Waals surface area contributed by atoms with Crippen molar-refractivity contribution in [1.82, 2.24) is 10.2 Å². The van der Waals surface area contributed by atoms with E-state index >= 15 is 0 Å². The molecule has 0 spiro atoms. The van der Waals surface area contributed by atoms with Crippen molar-refractivity contribution in [3.05, 3.63) is 35.4 Å². The van der Waals surface area contributed by atoms with Crippen LogP contribution in [0.15, 0.2) is 24.3 Å². The summed E-state index contributed by atoms with van der Waals surface area (Å²) in [6.45, 7) is 1.09. The van der Waals surface area contributed by atoms with Gasteiger partial charge in [-0.15, -0.1) is 0 Å². The number of carboxylic acid groups (broad SMARTS) is 1. The van der Waals surface area contributed by atoms with Gasteiger partial charge in [-0.1, -0.05) is 12.1 Å². The highest BCUT2D eigenvalue weighted by atomic mass is 32.2. The maximum Gasteiger partial charge on any atom is 0.335 e. The van der Waals surface area contributed by atoms with E-state index in [1.807, 2.05) is 6.26 Å². The van der Waals surface area contributed by atoms with E-state index in [9.17, 15) is 9.59 Å². The third-order valence-electron chi connectivity index (χ3n) is 2.62. The molecular weight excluding hydrogens is 264 g/mol. The molecule has 6 heteroatoms. The SMILES string of the molecule is CSCCN(C)C(=O)NCc1ccc(C(=O)O)cc1. The number of hydrogen-bond acceptors (Lipinski definition) is 3. The van der Waals surface area contributed by atoms with Crippen molar-refractivity contribution >= 4 is 23.8 Å². The summed E-state index contributed by atoms with van der Waals surface area (Å²) in [5.74, 6) is -0.0515. The van der Waals surface area contributed by atoms with E-state index in [4.69, 9.17) is 5.11 Å². The van der Waals surface area contributed by atoms with Crippen molar-refractivity contribution in [2.45, 2.75) is 6.54 Å². The molecule has 2 amide bonds. The number of thioether (sulfide) groups is 1. The lowest BCUT2D eigenvalue weighted by Gasteiger charge is -2.17. The number of amides is 2. The van der Waals surface area contributed by atoms with Crippen LogP contribution in [0.25, 0.3) is 0 Å². The summed E-state index contributed by atoms with van der Waals surface area (Å²) in [7, 11) is 1.75. The quantitative estimate of drug-likeness (QED) is 0.836. The number of carbonyl (C=O) groups excluding carboxylic acids is 1. The van der Waals surface area contributed by atoms with Crippen molar-refractivity contribution < 1.29 is 14.7 Å². The Kier molecular flexibility index (Phi) is 6.21. The van der Waals surface area contributed by atoms with Crippen LogP contribution in [0, 0.1) is 0 Å². The molecule has 0 atom stereocenters. The molecule has 5 nitrogen and oxygen atoms in total. The van der Waals surface area contributed by atoms with Gasteiger partial charge in [0.2, 0.25) is 0 Å². The van der Waals surface area contributed by atoms with E-state index in [1.54, 1.807) is 35.8 Å². The Hall–Kier alpha value is -1.69. The van der Waals surface area contributed by atoms with Crippen molar-refractivity contribution in [1.29, 1.82) is 0 Å². The zero-order valence-electron chi connectivity index (χ0n) is 11.0. The minimum absolute atomic E-state index is 0.128. The first-order valence-electron chi connectivity index (χ1n) is 5.84. The molecule has 0 heterocycles. The summed E-state index contributed by atoms with van der Waals surface area (Å²) in [6, 6.07) is 6.33. The van der Waals surface area contributed by atoms with E-state index < -0.39 is 5.97 Å². The molecule has 1 aromatic rings. The Labute approximate surface area is 117 Å². The van der Waals surface area contributed by atoms with Crippen molar-refractivity contribution in [3.8, 4) is 0 Å². The van der Waals surface area contributed by atoms with Crippen LogP contribution in [0.2, 0.25) is 0 Å². The molecule has 2 N–H and O–H groups in total. The molecule has 19 heavy (non-hydrogen) atoms. The van der Waals surface area contributed by atoms with Gasteiger partial charge in [0.05, 0.1) is 5.56 Å².